The average Bonchev–Trinajstić information content (AvgIpc) is 1.72. The first-order chi connectivity index (χ1) is 3.77. The molecule has 2 N–H and O–H groups in total. The molecule has 0 aromatic heterocycles. The Kier molecular flexibility index (Phi) is 12.6. The summed E-state index contributed by atoms with van der Waals surface area (Å²) in [5, 5.41) is 0. The summed E-state index contributed by atoms with van der Waals surface area (Å²) in [4.78, 5) is 9.87. The molecule has 0 aliphatic heterocycles. The smallest absolute Gasteiger partial charge is 0.230 e. The Balaban J connectivity index is 0. The lowest BCUT2D eigenvalue weighted by atomic mass is 10.8. The fourth-order valence-corrected chi connectivity index (χ4v) is 0.176. The Morgan fingerprint density at radius 3 is 1.75 bits per heavy atom. The number of amides is 1. The van der Waals surface area contributed by atoms with Crippen molar-refractivity contribution in [2.45, 2.75) is 20.8 Å². The molecule has 0 heterocycles. The standard InChI is InChI=1S/C3H8N2O.C2H6/c1-3(6)5-4-2;1-2/h4H,1-2H3,(H,5,6);1-2H3. The molecule has 0 saturated heterocycles. The monoisotopic (exact) mass is 118 g/mol. The third kappa shape index (κ3) is 18.0. The van der Waals surface area contributed by atoms with Gasteiger partial charge in [0, 0.05) is 14.0 Å². The SMILES string of the molecule is CC.CNNC(C)=O. The molecule has 0 aliphatic carbocycles. The minimum absolute atomic E-state index is 0.0718. The van der Waals surface area contributed by atoms with E-state index in [0.717, 1.165) is 0 Å². The van der Waals surface area contributed by atoms with Crippen LogP contribution >= 0.6 is 0 Å². The van der Waals surface area contributed by atoms with Gasteiger partial charge in [0.25, 0.3) is 0 Å². The van der Waals surface area contributed by atoms with Crippen LogP contribution in [0.3, 0.4) is 0 Å². The second kappa shape index (κ2) is 9.66. The number of hydrazine groups is 1. The molecule has 3 nitrogen and oxygen atoms in total. The van der Waals surface area contributed by atoms with Crippen molar-refractivity contribution in [2.75, 3.05) is 7.05 Å². The molecule has 0 aromatic rings. The quantitative estimate of drug-likeness (QED) is 0.486. The Labute approximate surface area is 50.4 Å². The zero-order valence-electron chi connectivity index (χ0n) is 5.91. The zero-order chi connectivity index (χ0) is 6.99. The van der Waals surface area contributed by atoms with Gasteiger partial charge in [0.2, 0.25) is 5.91 Å². The molecule has 0 saturated carbocycles. The van der Waals surface area contributed by atoms with Gasteiger partial charge in [-0.05, 0) is 0 Å². The lowest BCUT2D eigenvalue weighted by Gasteiger charge is -1.91. The van der Waals surface area contributed by atoms with E-state index in [1.165, 1.54) is 6.92 Å². The molecule has 1 amide bonds. The number of rotatable bonds is 1. The predicted octanol–water partition coefficient (Wildman–Crippen LogP) is 0.283. The molecule has 50 valence electrons. The maximum atomic E-state index is 9.87. The van der Waals surface area contributed by atoms with Gasteiger partial charge in [0.05, 0.1) is 0 Å². The summed E-state index contributed by atoms with van der Waals surface area (Å²) in [5.74, 6) is -0.0718. The van der Waals surface area contributed by atoms with Crippen LogP contribution in [-0.4, -0.2) is 13.0 Å². The van der Waals surface area contributed by atoms with E-state index in [9.17, 15) is 4.79 Å². The minimum Gasteiger partial charge on any atom is -0.292 e. The molecule has 0 unspecified atom stereocenters. The number of carbonyl (C=O) groups excluding carboxylic acids is 1. The van der Waals surface area contributed by atoms with Crippen LogP contribution in [0.5, 0.6) is 0 Å². The highest BCUT2D eigenvalue weighted by molar-refractivity contribution is 5.72. The summed E-state index contributed by atoms with van der Waals surface area (Å²) in [5.41, 5.74) is 4.79. The van der Waals surface area contributed by atoms with Crippen LogP contribution in [0.25, 0.3) is 0 Å². The highest BCUT2D eigenvalue weighted by atomic mass is 16.2. The normalized spacial score (nSPS) is 6.50. The van der Waals surface area contributed by atoms with E-state index >= 15 is 0 Å². The third-order valence-electron chi connectivity index (χ3n) is 0.301. The zero-order valence-corrected chi connectivity index (χ0v) is 5.91. The van der Waals surface area contributed by atoms with Crippen LogP contribution in [0.2, 0.25) is 0 Å². The first kappa shape index (κ1) is 10.4. The summed E-state index contributed by atoms with van der Waals surface area (Å²) in [7, 11) is 1.64. The molecule has 8 heavy (non-hydrogen) atoms. The third-order valence-corrected chi connectivity index (χ3v) is 0.301. The molecule has 3 heteroatoms. The van der Waals surface area contributed by atoms with Crippen LogP contribution in [0.1, 0.15) is 20.8 Å². The van der Waals surface area contributed by atoms with E-state index < -0.39 is 0 Å². The van der Waals surface area contributed by atoms with Crippen LogP contribution in [0.4, 0.5) is 0 Å². The maximum absolute atomic E-state index is 9.87. The van der Waals surface area contributed by atoms with Crippen molar-refractivity contribution in [2.24, 2.45) is 0 Å². The van der Waals surface area contributed by atoms with Crippen LogP contribution in [0, 0.1) is 0 Å². The van der Waals surface area contributed by atoms with E-state index in [-0.39, 0.29) is 5.91 Å². The molecule has 0 aliphatic rings. The van der Waals surface area contributed by atoms with Gasteiger partial charge in [-0.2, -0.15) is 0 Å². The van der Waals surface area contributed by atoms with Crippen molar-refractivity contribution < 1.29 is 4.79 Å². The van der Waals surface area contributed by atoms with Crippen molar-refractivity contribution in [1.29, 1.82) is 0 Å². The van der Waals surface area contributed by atoms with Gasteiger partial charge in [-0.15, -0.1) is 0 Å². The largest absolute Gasteiger partial charge is 0.292 e. The fraction of sp³-hybridized carbons (Fsp3) is 0.800. The molecular weight excluding hydrogens is 104 g/mol. The van der Waals surface area contributed by atoms with Crippen LogP contribution in [0.15, 0.2) is 0 Å². The topological polar surface area (TPSA) is 41.1 Å². The van der Waals surface area contributed by atoms with Crippen molar-refractivity contribution in [3.63, 3.8) is 0 Å². The van der Waals surface area contributed by atoms with E-state index in [4.69, 9.17) is 0 Å². The van der Waals surface area contributed by atoms with Gasteiger partial charge in [-0.3, -0.25) is 10.2 Å². The second-order valence-electron chi connectivity index (χ2n) is 0.931. The highest BCUT2D eigenvalue weighted by Crippen LogP contribution is 1.46. The Hall–Kier alpha value is -0.570. The molecule has 0 fully saturated rings. The summed E-state index contributed by atoms with van der Waals surface area (Å²) < 4.78 is 0. The van der Waals surface area contributed by atoms with Crippen molar-refractivity contribution in [1.82, 2.24) is 10.9 Å². The van der Waals surface area contributed by atoms with Gasteiger partial charge in [0.1, 0.15) is 0 Å². The van der Waals surface area contributed by atoms with Gasteiger partial charge in [-0.25, -0.2) is 5.43 Å². The number of nitrogens with one attached hydrogen (secondary N) is 2. The first-order valence-corrected chi connectivity index (χ1v) is 2.70. The molecule has 0 bridgehead atoms. The minimum atomic E-state index is -0.0718. The summed E-state index contributed by atoms with van der Waals surface area (Å²) >= 11 is 0. The molecule has 0 atom stereocenters. The van der Waals surface area contributed by atoms with Crippen molar-refractivity contribution in [3.8, 4) is 0 Å². The highest BCUT2D eigenvalue weighted by Gasteiger charge is 1.77. The van der Waals surface area contributed by atoms with Gasteiger partial charge >= 0.3 is 0 Å². The molecular formula is C5H14N2O. The molecule has 0 spiro atoms. The molecule has 0 rings (SSSR count). The average molecular weight is 118 g/mol. The van der Waals surface area contributed by atoms with E-state index in [2.05, 4.69) is 10.9 Å². The van der Waals surface area contributed by atoms with Crippen LogP contribution < -0.4 is 10.9 Å². The van der Waals surface area contributed by atoms with E-state index in [0.29, 0.717) is 0 Å². The van der Waals surface area contributed by atoms with Gasteiger partial charge < -0.3 is 0 Å². The summed E-state index contributed by atoms with van der Waals surface area (Å²) in [6.07, 6.45) is 0. The van der Waals surface area contributed by atoms with E-state index in [1.54, 1.807) is 7.05 Å². The number of hydrogen-bond acceptors (Lipinski definition) is 2. The van der Waals surface area contributed by atoms with Gasteiger partial charge in [0.15, 0.2) is 0 Å². The Morgan fingerprint density at radius 1 is 1.38 bits per heavy atom. The second-order valence-corrected chi connectivity index (χ2v) is 0.931. The first-order valence-electron chi connectivity index (χ1n) is 2.70. The molecule has 0 aromatic carbocycles. The molecule has 0 radical (unpaired) electrons. The van der Waals surface area contributed by atoms with Crippen molar-refractivity contribution >= 4 is 5.91 Å². The van der Waals surface area contributed by atoms with Crippen molar-refractivity contribution in [3.05, 3.63) is 0 Å². The maximum Gasteiger partial charge on any atom is 0.230 e. The van der Waals surface area contributed by atoms with Crippen LogP contribution in [-0.2, 0) is 4.79 Å². The lowest BCUT2D eigenvalue weighted by molar-refractivity contribution is -0.119. The summed E-state index contributed by atoms with van der Waals surface area (Å²) in [6.45, 7) is 5.44. The Bertz CT molecular complexity index is 54.4. The number of carbonyl (C=O) groups is 1. The lowest BCUT2D eigenvalue weighted by Crippen LogP contribution is -2.31. The summed E-state index contributed by atoms with van der Waals surface area (Å²) in [6, 6.07) is 0. The van der Waals surface area contributed by atoms with E-state index in [1.807, 2.05) is 13.8 Å². The number of hydrogen-bond donors (Lipinski definition) is 2. The Morgan fingerprint density at radius 2 is 1.75 bits per heavy atom. The predicted molar refractivity (Wildman–Crippen MR) is 34.2 cm³/mol. The fourth-order valence-electron chi connectivity index (χ4n) is 0.176. The van der Waals surface area contributed by atoms with Gasteiger partial charge in [-0.1, -0.05) is 13.8 Å².